The van der Waals surface area contributed by atoms with E-state index in [0.29, 0.717) is 4.68 Å². The normalized spacial score (nSPS) is 11.6. The first-order valence-corrected chi connectivity index (χ1v) is 4.02. The maximum absolute atomic E-state index is 11.5. The van der Waals surface area contributed by atoms with E-state index >= 15 is 0 Å². The van der Waals surface area contributed by atoms with E-state index in [1.807, 2.05) is 0 Å². The van der Waals surface area contributed by atoms with Gasteiger partial charge in [-0.3, -0.25) is 4.79 Å². The third-order valence-corrected chi connectivity index (χ3v) is 1.96. The summed E-state index contributed by atoms with van der Waals surface area (Å²) < 4.78 is 0.708. The minimum Gasteiger partial charge on any atom is -0.395 e. The predicted octanol–water partition coefficient (Wildman–Crippen LogP) is -1.80. The number of hydrogen-bond acceptors (Lipinski definition) is 6. The molecule has 7 nitrogen and oxygen atoms in total. The Bertz CT molecular complexity index is 398. The van der Waals surface area contributed by atoms with E-state index in [-0.39, 0.29) is 18.2 Å². The Labute approximate surface area is 80.3 Å². The van der Waals surface area contributed by atoms with Gasteiger partial charge in [0.05, 0.1) is 6.61 Å². The van der Waals surface area contributed by atoms with Gasteiger partial charge in [0.2, 0.25) is 5.95 Å². The first-order valence-electron chi connectivity index (χ1n) is 4.02. The van der Waals surface area contributed by atoms with Gasteiger partial charge in [0.15, 0.2) is 0 Å². The van der Waals surface area contributed by atoms with Crippen molar-refractivity contribution < 1.29 is 5.11 Å². The molecule has 0 bridgehead atoms. The lowest BCUT2D eigenvalue weighted by molar-refractivity contribution is 0.212. The number of nitrogens with zero attached hydrogens (tertiary/aromatic N) is 3. The van der Waals surface area contributed by atoms with Crippen LogP contribution in [0.25, 0.3) is 0 Å². The molecular formula is C7H13N5O2. The number of rotatable bonds is 2. The highest BCUT2D eigenvalue weighted by molar-refractivity contribution is 5.19. The summed E-state index contributed by atoms with van der Waals surface area (Å²) in [5, 5.41) is 16.2. The highest BCUT2D eigenvalue weighted by atomic mass is 16.3. The number of hydrogen-bond donors (Lipinski definition) is 3. The predicted molar refractivity (Wildman–Crippen MR) is 51.0 cm³/mol. The molecule has 0 aliphatic rings. The number of aliphatic hydroxyl groups excluding tert-OH is 1. The van der Waals surface area contributed by atoms with Crippen molar-refractivity contribution in [1.29, 1.82) is 0 Å². The van der Waals surface area contributed by atoms with Crippen molar-refractivity contribution in [3.63, 3.8) is 0 Å². The fraction of sp³-hybridized carbons (Fsp3) is 0.571. The van der Waals surface area contributed by atoms with E-state index in [1.54, 1.807) is 13.8 Å². The smallest absolute Gasteiger partial charge is 0.296 e. The largest absolute Gasteiger partial charge is 0.395 e. The highest BCUT2D eigenvalue weighted by Crippen LogP contribution is 2.15. The lowest BCUT2D eigenvalue weighted by Gasteiger charge is -2.19. The molecule has 0 radical (unpaired) electrons. The van der Waals surface area contributed by atoms with Crippen molar-refractivity contribution in [3.05, 3.63) is 16.0 Å². The van der Waals surface area contributed by atoms with Crippen molar-refractivity contribution in [2.45, 2.75) is 19.3 Å². The van der Waals surface area contributed by atoms with Gasteiger partial charge in [-0.15, -0.1) is 10.2 Å². The van der Waals surface area contributed by atoms with Gasteiger partial charge in [-0.05, 0) is 0 Å². The molecule has 5 N–H and O–H groups in total. The fourth-order valence-electron chi connectivity index (χ4n) is 0.910. The van der Waals surface area contributed by atoms with Crippen molar-refractivity contribution >= 4 is 5.95 Å². The molecule has 78 valence electrons. The van der Waals surface area contributed by atoms with Crippen molar-refractivity contribution in [2.24, 2.45) is 0 Å². The molecule has 0 aromatic carbocycles. The number of aliphatic hydroxyl groups is 1. The molecule has 0 aliphatic carbocycles. The molecule has 7 heteroatoms. The van der Waals surface area contributed by atoms with Crippen LogP contribution in [0.1, 0.15) is 19.5 Å². The second kappa shape index (κ2) is 3.26. The first kappa shape index (κ1) is 10.5. The van der Waals surface area contributed by atoms with Gasteiger partial charge < -0.3 is 16.7 Å². The van der Waals surface area contributed by atoms with E-state index in [4.69, 9.17) is 16.7 Å². The van der Waals surface area contributed by atoms with Gasteiger partial charge >= 0.3 is 0 Å². The Balaban J connectivity index is 3.39. The van der Waals surface area contributed by atoms with Crippen LogP contribution in [0.2, 0.25) is 0 Å². The van der Waals surface area contributed by atoms with Gasteiger partial charge in [-0.2, -0.15) is 4.68 Å². The van der Waals surface area contributed by atoms with Crippen molar-refractivity contribution in [1.82, 2.24) is 14.9 Å². The Morgan fingerprint density at radius 2 is 2.07 bits per heavy atom. The number of nitrogen functional groups attached to an aromatic ring is 2. The molecule has 0 saturated carbocycles. The lowest BCUT2D eigenvalue weighted by Crippen LogP contribution is -2.40. The van der Waals surface area contributed by atoms with Gasteiger partial charge in [0.1, 0.15) is 5.69 Å². The summed E-state index contributed by atoms with van der Waals surface area (Å²) in [6, 6.07) is 0. The zero-order chi connectivity index (χ0) is 10.9. The zero-order valence-electron chi connectivity index (χ0n) is 8.06. The van der Waals surface area contributed by atoms with Crippen molar-refractivity contribution in [2.75, 3.05) is 18.2 Å². The SMILES string of the molecule is CC(C)(CO)c1nnc(N)n(N)c1=O. The topological polar surface area (TPSA) is 120 Å². The Morgan fingerprint density at radius 1 is 1.50 bits per heavy atom. The van der Waals surface area contributed by atoms with Crippen LogP contribution in [0.3, 0.4) is 0 Å². The average molecular weight is 199 g/mol. The summed E-state index contributed by atoms with van der Waals surface area (Å²) in [6.45, 7) is 3.10. The fourth-order valence-corrected chi connectivity index (χ4v) is 0.910. The molecule has 0 aliphatic heterocycles. The number of anilines is 1. The van der Waals surface area contributed by atoms with Crippen LogP contribution in [0, 0.1) is 0 Å². The van der Waals surface area contributed by atoms with Crippen molar-refractivity contribution in [3.8, 4) is 0 Å². The zero-order valence-corrected chi connectivity index (χ0v) is 8.06. The Kier molecular flexibility index (Phi) is 2.43. The maximum Gasteiger partial charge on any atom is 0.296 e. The van der Waals surface area contributed by atoms with Gasteiger partial charge in [0.25, 0.3) is 5.56 Å². The highest BCUT2D eigenvalue weighted by Gasteiger charge is 2.26. The maximum atomic E-state index is 11.5. The van der Waals surface area contributed by atoms with Crippen LogP contribution in [0.4, 0.5) is 5.95 Å². The molecule has 1 heterocycles. The van der Waals surface area contributed by atoms with E-state index in [9.17, 15) is 4.79 Å². The summed E-state index contributed by atoms with van der Waals surface area (Å²) in [5.74, 6) is 5.17. The van der Waals surface area contributed by atoms with Crippen LogP contribution in [0.15, 0.2) is 4.79 Å². The van der Waals surface area contributed by atoms with E-state index in [0.717, 1.165) is 0 Å². The summed E-state index contributed by atoms with van der Waals surface area (Å²) in [6.07, 6.45) is 0. The second-order valence-corrected chi connectivity index (χ2v) is 3.62. The molecule has 0 amide bonds. The molecular weight excluding hydrogens is 186 g/mol. The van der Waals surface area contributed by atoms with Crippen LogP contribution in [0.5, 0.6) is 0 Å². The second-order valence-electron chi connectivity index (χ2n) is 3.62. The minimum absolute atomic E-state index is 0.0942. The van der Waals surface area contributed by atoms with Gasteiger partial charge in [-0.25, -0.2) is 0 Å². The Hall–Kier alpha value is -1.63. The lowest BCUT2D eigenvalue weighted by atomic mass is 9.91. The summed E-state index contributed by atoms with van der Waals surface area (Å²) in [4.78, 5) is 11.5. The molecule has 1 aromatic heterocycles. The first-order chi connectivity index (χ1) is 6.40. The van der Waals surface area contributed by atoms with Crippen LogP contribution in [-0.2, 0) is 5.41 Å². The van der Waals surface area contributed by atoms with Gasteiger partial charge in [0, 0.05) is 5.41 Å². The van der Waals surface area contributed by atoms with Crippen LogP contribution >= 0.6 is 0 Å². The summed E-state index contributed by atoms with van der Waals surface area (Å²) in [5.41, 5.74) is 4.05. The molecule has 0 unspecified atom stereocenters. The summed E-state index contributed by atoms with van der Waals surface area (Å²) in [7, 11) is 0. The molecule has 1 rings (SSSR count). The molecule has 0 spiro atoms. The average Bonchev–Trinajstić information content (AvgIpc) is 2.14. The molecule has 0 atom stereocenters. The minimum atomic E-state index is -0.779. The molecule has 14 heavy (non-hydrogen) atoms. The monoisotopic (exact) mass is 199 g/mol. The standard InChI is InChI=1S/C7H13N5O2/c1-7(2,3-13)4-5(14)12(9)6(8)11-10-4/h13H,3,9H2,1-2H3,(H2,8,11). The number of nitrogens with two attached hydrogens (primary N) is 2. The van der Waals surface area contributed by atoms with Gasteiger partial charge in [-0.1, -0.05) is 13.8 Å². The van der Waals surface area contributed by atoms with E-state index in [1.165, 1.54) is 0 Å². The van der Waals surface area contributed by atoms with E-state index < -0.39 is 11.0 Å². The molecule has 1 aromatic rings. The number of aromatic nitrogens is 3. The summed E-state index contributed by atoms with van der Waals surface area (Å²) >= 11 is 0. The third-order valence-electron chi connectivity index (χ3n) is 1.96. The molecule has 0 fully saturated rings. The third kappa shape index (κ3) is 1.53. The van der Waals surface area contributed by atoms with E-state index in [2.05, 4.69) is 10.2 Å². The van der Waals surface area contributed by atoms with Crippen LogP contribution in [-0.4, -0.2) is 26.6 Å². The van der Waals surface area contributed by atoms with Crippen LogP contribution < -0.4 is 17.1 Å². The molecule has 0 saturated heterocycles. The Morgan fingerprint density at radius 3 is 2.57 bits per heavy atom. The quantitative estimate of drug-likeness (QED) is 0.483.